The van der Waals surface area contributed by atoms with Gasteiger partial charge in [-0.25, -0.2) is 4.98 Å². The molecule has 0 spiro atoms. The number of hydrogen-bond donors (Lipinski definition) is 1. The molecule has 0 aliphatic carbocycles. The van der Waals surface area contributed by atoms with E-state index in [-0.39, 0.29) is 17.9 Å². The van der Waals surface area contributed by atoms with Crippen LogP contribution in [0.4, 0.5) is 0 Å². The molecule has 140 valence electrons. The molecule has 1 amide bonds. The minimum atomic E-state index is -0.0710. The maximum atomic E-state index is 12.4. The van der Waals surface area contributed by atoms with Crippen LogP contribution in [-0.2, 0) is 4.79 Å². The van der Waals surface area contributed by atoms with Gasteiger partial charge in [-0.05, 0) is 30.5 Å². The van der Waals surface area contributed by atoms with E-state index < -0.39 is 0 Å². The fourth-order valence-corrected chi connectivity index (χ4v) is 4.41. The minimum Gasteiger partial charge on any atom is -0.490 e. The number of nitrogens with zero attached hydrogens (tertiary/aromatic N) is 1. The summed E-state index contributed by atoms with van der Waals surface area (Å²) in [5, 5.41) is 5.15. The Morgan fingerprint density at radius 2 is 2.08 bits per heavy atom. The molecule has 5 nitrogen and oxygen atoms in total. The Hall–Kier alpha value is -1.73. The fourth-order valence-electron chi connectivity index (χ4n) is 2.75. The SMILES string of the molecule is Cc1csc(SCC(=O)NC(c2ccc3c(c2)OCCCO3)C(C)C)n1. The van der Waals surface area contributed by atoms with Gasteiger partial charge in [-0.3, -0.25) is 4.79 Å². The van der Waals surface area contributed by atoms with Crippen LogP contribution >= 0.6 is 23.1 Å². The molecule has 0 fully saturated rings. The van der Waals surface area contributed by atoms with Crippen LogP contribution in [0.25, 0.3) is 0 Å². The molecule has 0 bridgehead atoms. The number of aromatic nitrogens is 1. The van der Waals surface area contributed by atoms with Crippen molar-refractivity contribution in [2.75, 3.05) is 19.0 Å². The summed E-state index contributed by atoms with van der Waals surface area (Å²) < 4.78 is 12.4. The molecular formula is C19H24N2O3S2. The number of fused-ring (bicyclic) bond motifs is 1. The Bertz CT molecular complexity index is 761. The van der Waals surface area contributed by atoms with Gasteiger partial charge in [0.15, 0.2) is 15.8 Å². The minimum absolute atomic E-state index is 0.00802. The first-order chi connectivity index (χ1) is 12.5. The predicted octanol–water partition coefficient (Wildman–Crippen LogP) is 4.22. The number of aryl methyl sites for hydroxylation is 1. The molecule has 26 heavy (non-hydrogen) atoms. The molecule has 2 aromatic rings. The standard InChI is InChI=1S/C19H24N2O3S2/c1-12(2)18(21-17(22)11-26-19-20-13(3)10-25-19)14-5-6-15-16(9-14)24-8-4-7-23-15/h5-6,9-10,12,18H,4,7-8,11H2,1-3H3,(H,21,22). The second kappa shape index (κ2) is 8.77. The first-order valence-corrected chi connectivity index (χ1v) is 10.6. The van der Waals surface area contributed by atoms with E-state index in [1.165, 1.54) is 11.8 Å². The number of thiazole rings is 1. The third kappa shape index (κ3) is 4.92. The predicted molar refractivity (Wildman–Crippen MR) is 105 cm³/mol. The number of hydrogen-bond acceptors (Lipinski definition) is 6. The molecule has 0 saturated heterocycles. The number of benzene rings is 1. The molecule has 1 aliphatic rings. The Balaban J connectivity index is 1.66. The van der Waals surface area contributed by atoms with E-state index in [0.29, 0.717) is 19.0 Å². The summed E-state index contributed by atoms with van der Waals surface area (Å²) >= 11 is 3.05. The quantitative estimate of drug-likeness (QED) is 0.746. The van der Waals surface area contributed by atoms with E-state index in [1.807, 2.05) is 30.5 Å². The second-order valence-electron chi connectivity index (χ2n) is 6.59. The summed E-state index contributed by atoms with van der Waals surface area (Å²) in [7, 11) is 0. The fraction of sp³-hybridized carbons (Fsp3) is 0.474. The van der Waals surface area contributed by atoms with Gasteiger partial charge in [-0.2, -0.15) is 0 Å². The number of rotatable bonds is 6. The van der Waals surface area contributed by atoms with Crippen molar-refractivity contribution in [3.8, 4) is 11.5 Å². The van der Waals surface area contributed by atoms with Crippen LogP contribution in [0.2, 0.25) is 0 Å². The van der Waals surface area contributed by atoms with Crippen molar-refractivity contribution in [3.63, 3.8) is 0 Å². The maximum absolute atomic E-state index is 12.4. The molecular weight excluding hydrogens is 368 g/mol. The van der Waals surface area contributed by atoms with Gasteiger partial charge >= 0.3 is 0 Å². The zero-order valence-electron chi connectivity index (χ0n) is 15.3. The lowest BCUT2D eigenvalue weighted by atomic mass is 9.95. The number of thioether (sulfide) groups is 1. The van der Waals surface area contributed by atoms with E-state index in [2.05, 4.69) is 24.1 Å². The van der Waals surface area contributed by atoms with Gasteiger partial charge in [0.25, 0.3) is 0 Å². The number of ether oxygens (including phenoxy) is 2. The highest BCUT2D eigenvalue weighted by Crippen LogP contribution is 2.34. The first kappa shape index (κ1) is 19.0. The van der Waals surface area contributed by atoms with Gasteiger partial charge < -0.3 is 14.8 Å². The molecule has 0 saturated carbocycles. The van der Waals surface area contributed by atoms with Crippen LogP contribution in [0.1, 0.15) is 37.6 Å². The summed E-state index contributed by atoms with van der Waals surface area (Å²) in [5.74, 6) is 2.16. The summed E-state index contributed by atoms with van der Waals surface area (Å²) in [6.45, 7) is 7.49. The van der Waals surface area contributed by atoms with Crippen LogP contribution in [0.15, 0.2) is 27.9 Å². The Morgan fingerprint density at radius 1 is 1.31 bits per heavy atom. The van der Waals surface area contributed by atoms with Gasteiger partial charge in [0.2, 0.25) is 5.91 Å². The Kier molecular flexibility index (Phi) is 6.43. The van der Waals surface area contributed by atoms with Crippen LogP contribution in [0, 0.1) is 12.8 Å². The largest absolute Gasteiger partial charge is 0.490 e. The lowest BCUT2D eigenvalue weighted by Gasteiger charge is -2.23. The molecule has 3 rings (SSSR count). The van der Waals surface area contributed by atoms with Crippen LogP contribution in [0.3, 0.4) is 0 Å². The van der Waals surface area contributed by atoms with Crippen molar-refractivity contribution in [2.45, 2.75) is 37.6 Å². The number of amides is 1. The number of carbonyl (C=O) groups is 1. The number of nitrogens with one attached hydrogen (secondary N) is 1. The zero-order chi connectivity index (χ0) is 18.5. The van der Waals surface area contributed by atoms with Crippen molar-refractivity contribution in [3.05, 3.63) is 34.8 Å². The van der Waals surface area contributed by atoms with Crippen LogP contribution < -0.4 is 14.8 Å². The van der Waals surface area contributed by atoms with E-state index >= 15 is 0 Å². The third-order valence-electron chi connectivity index (χ3n) is 4.04. The molecule has 1 aromatic heterocycles. The molecule has 7 heteroatoms. The molecule has 1 N–H and O–H groups in total. The second-order valence-corrected chi connectivity index (χ2v) is 8.67. The normalized spacial score (nSPS) is 14.8. The van der Waals surface area contributed by atoms with E-state index in [1.54, 1.807) is 11.3 Å². The lowest BCUT2D eigenvalue weighted by Crippen LogP contribution is -2.33. The molecule has 2 heterocycles. The average Bonchev–Trinajstić information content (AvgIpc) is 2.89. The average molecular weight is 393 g/mol. The smallest absolute Gasteiger partial charge is 0.230 e. The monoisotopic (exact) mass is 392 g/mol. The molecule has 1 aliphatic heterocycles. The van der Waals surface area contributed by atoms with Crippen molar-refractivity contribution in [1.82, 2.24) is 10.3 Å². The Labute approximate surface area is 162 Å². The van der Waals surface area contributed by atoms with E-state index in [9.17, 15) is 4.79 Å². The van der Waals surface area contributed by atoms with Gasteiger partial charge in [0.05, 0.1) is 25.0 Å². The van der Waals surface area contributed by atoms with Gasteiger partial charge in [-0.15, -0.1) is 11.3 Å². The summed E-state index contributed by atoms with van der Waals surface area (Å²) in [6.07, 6.45) is 0.877. The van der Waals surface area contributed by atoms with Crippen molar-refractivity contribution in [2.24, 2.45) is 5.92 Å². The van der Waals surface area contributed by atoms with Crippen LogP contribution in [0.5, 0.6) is 11.5 Å². The highest BCUT2D eigenvalue weighted by Gasteiger charge is 2.21. The summed E-state index contributed by atoms with van der Waals surface area (Å²) in [6, 6.07) is 5.86. The van der Waals surface area contributed by atoms with Crippen molar-refractivity contribution in [1.29, 1.82) is 0 Å². The third-order valence-corrected chi connectivity index (χ3v) is 6.18. The van der Waals surface area contributed by atoms with Crippen molar-refractivity contribution < 1.29 is 14.3 Å². The van der Waals surface area contributed by atoms with Gasteiger partial charge in [0.1, 0.15) is 0 Å². The van der Waals surface area contributed by atoms with E-state index in [0.717, 1.165) is 33.5 Å². The van der Waals surface area contributed by atoms with Crippen LogP contribution in [-0.4, -0.2) is 29.9 Å². The lowest BCUT2D eigenvalue weighted by molar-refractivity contribution is -0.119. The summed E-state index contributed by atoms with van der Waals surface area (Å²) in [5.41, 5.74) is 2.03. The highest BCUT2D eigenvalue weighted by atomic mass is 32.2. The maximum Gasteiger partial charge on any atom is 0.230 e. The molecule has 1 unspecified atom stereocenters. The summed E-state index contributed by atoms with van der Waals surface area (Å²) in [4.78, 5) is 16.8. The topological polar surface area (TPSA) is 60.5 Å². The Morgan fingerprint density at radius 3 is 2.77 bits per heavy atom. The van der Waals surface area contributed by atoms with Crippen molar-refractivity contribution >= 4 is 29.0 Å². The van der Waals surface area contributed by atoms with Gasteiger partial charge in [-0.1, -0.05) is 31.7 Å². The molecule has 1 aromatic carbocycles. The first-order valence-electron chi connectivity index (χ1n) is 8.77. The zero-order valence-corrected chi connectivity index (χ0v) is 16.9. The highest BCUT2D eigenvalue weighted by molar-refractivity contribution is 8.01. The number of carbonyl (C=O) groups excluding carboxylic acids is 1. The molecule has 0 radical (unpaired) electrons. The van der Waals surface area contributed by atoms with E-state index in [4.69, 9.17) is 9.47 Å². The molecule has 1 atom stereocenters. The van der Waals surface area contributed by atoms with Gasteiger partial charge in [0, 0.05) is 17.5 Å².